The van der Waals surface area contributed by atoms with Crippen LogP contribution < -0.4 is 102 Å². The van der Waals surface area contributed by atoms with E-state index in [9.17, 15) is 29.4 Å². The van der Waals surface area contributed by atoms with Crippen molar-refractivity contribution in [3.63, 3.8) is 0 Å². The van der Waals surface area contributed by atoms with E-state index in [1.54, 1.807) is 7.05 Å². The maximum absolute atomic E-state index is 12.0. The average Bonchev–Trinajstić information content (AvgIpc) is 2.95. The van der Waals surface area contributed by atoms with Gasteiger partial charge in [-0.15, -0.1) is 0 Å². The van der Waals surface area contributed by atoms with E-state index in [2.05, 4.69) is 14.5 Å². The van der Waals surface area contributed by atoms with Crippen LogP contribution in [0.2, 0.25) is 0 Å². The fourth-order valence-corrected chi connectivity index (χ4v) is 3.05. The van der Waals surface area contributed by atoms with Gasteiger partial charge in [0.15, 0.2) is 6.33 Å². The van der Waals surface area contributed by atoms with Crippen molar-refractivity contribution in [2.24, 2.45) is 7.05 Å². The molecule has 13 nitrogen and oxygen atoms in total. The van der Waals surface area contributed by atoms with E-state index in [1.807, 2.05) is 0 Å². The fourth-order valence-electron chi connectivity index (χ4n) is 2.72. The van der Waals surface area contributed by atoms with Crippen molar-refractivity contribution in [2.45, 2.75) is 24.5 Å². The first-order valence-electron chi connectivity index (χ1n) is 7.02. The Bertz CT molecular complexity index is 922. The molecule has 0 saturated carbocycles. The molecule has 1 aliphatic heterocycles. The number of fused-ring (bicyclic) bond motifs is 1. The van der Waals surface area contributed by atoms with E-state index in [0.29, 0.717) is 0 Å². The van der Waals surface area contributed by atoms with Crippen LogP contribution in [0.15, 0.2) is 11.1 Å². The molecule has 0 spiro atoms. The molecular weight excluding hydrogens is 487 g/mol. The van der Waals surface area contributed by atoms with Crippen molar-refractivity contribution in [3.8, 4) is 0 Å². The van der Waals surface area contributed by atoms with Gasteiger partial charge in [-0.2, -0.15) is 0 Å². The quantitative estimate of drug-likeness (QED) is 0.177. The van der Waals surface area contributed by atoms with Crippen molar-refractivity contribution in [2.75, 3.05) is 12.3 Å². The van der Waals surface area contributed by atoms with E-state index in [-0.39, 0.29) is 93.2 Å². The number of aryl methyl sites for hydroxylation is 1. The normalized spacial score (nSPS) is 24.3. The zero-order chi connectivity index (χ0) is 18.5. The molecule has 17 heteroatoms. The van der Waals surface area contributed by atoms with Crippen LogP contribution in [0.25, 0.3) is 11.2 Å². The molecule has 0 unspecified atom stereocenters. The largest absolute Gasteiger partial charge is 1.00 e. The van der Waals surface area contributed by atoms with Crippen molar-refractivity contribution in [3.05, 3.63) is 16.7 Å². The zero-order valence-electron chi connectivity index (χ0n) is 15.2. The molecule has 0 bridgehead atoms. The van der Waals surface area contributed by atoms with Crippen LogP contribution >= 0.6 is 7.82 Å². The summed E-state index contributed by atoms with van der Waals surface area (Å²) in [7, 11) is -3.71. The van der Waals surface area contributed by atoms with E-state index in [4.69, 9.17) is 10.5 Å². The number of aromatic nitrogens is 4. The molecular formula is C11H15BrN5Na2O8P. The van der Waals surface area contributed by atoms with Gasteiger partial charge in [-0.3, -0.25) is 14.3 Å². The maximum Gasteiger partial charge on any atom is 1.00 e. The summed E-state index contributed by atoms with van der Waals surface area (Å²) in [5, 5.41) is 20.2. The predicted octanol–water partition coefficient (Wildman–Crippen LogP) is -13.4. The third-order valence-corrected chi connectivity index (χ3v) is 4.26. The summed E-state index contributed by atoms with van der Waals surface area (Å²) in [5.74, 6) is -0.163. The van der Waals surface area contributed by atoms with Crippen molar-refractivity contribution in [1.29, 1.82) is 0 Å². The van der Waals surface area contributed by atoms with Gasteiger partial charge in [0.05, 0.1) is 21.5 Å². The Morgan fingerprint density at radius 2 is 2.04 bits per heavy atom. The zero-order valence-corrected chi connectivity index (χ0v) is 21.7. The van der Waals surface area contributed by atoms with Crippen LogP contribution in [0.5, 0.6) is 0 Å². The maximum atomic E-state index is 12.0. The van der Waals surface area contributed by atoms with Crippen LogP contribution in [-0.2, 0) is 20.9 Å². The van der Waals surface area contributed by atoms with Crippen LogP contribution in [0.4, 0.5) is 5.95 Å². The molecule has 2 aromatic rings. The summed E-state index contributed by atoms with van der Waals surface area (Å²) in [6.45, 7) is -0.763. The predicted molar refractivity (Wildman–Crippen MR) is 75.4 cm³/mol. The Labute approximate surface area is 212 Å². The molecule has 0 amide bonds. The minimum absolute atomic E-state index is 0. The number of nitrogens with one attached hydrogen (secondary N) is 1. The van der Waals surface area contributed by atoms with E-state index in [1.165, 1.54) is 15.5 Å². The van der Waals surface area contributed by atoms with Gasteiger partial charge in [0.1, 0.15) is 18.3 Å². The Morgan fingerprint density at radius 1 is 1.43 bits per heavy atom. The summed E-state index contributed by atoms with van der Waals surface area (Å²) in [6.07, 6.45) is -4.12. The van der Waals surface area contributed by atoms with Gasteiger partial charge < -0.3 is 56.5 Å². The summed E-state index contributed by atoms with van der Waals surface area (Å²) in [4.78, 5) is 39.4. The number of ether oxygens (including phenoxy) is 1. The van der Waals surface area contributed by atoms with E-state index < -0.39 is 44.5 Å². The standard InChI is InChI=1S/C11H16N5O8P.BrH.2Na/c1-15-3-16(8-5(15)9(19)14-11(12)13-8)10-7(18)6(17)4(24-10)2-23-25(20,21)22;;;/h3-4,6-7,10,17-18H,2H2,1H3,(H4-,12,13,14,19,20,21,22);1H;;/q;;2*+1/p-2/t4-,6-,7-,10-;;;/m1.../s1. The smallest absolute Gasteiger partial charge is 1.00 e. The fraction of sp³-hybridized carbons (Fsp3) is 0.545. The molecule has 3 heterocycles. The number of imidazole rings is 1. The number of phosphoric ester groups is 1. The summed E-state index contributed by atoms with van der Waals surface area (Å²) < 4.78 is 22.7. The third-order valence-electron chi connectivity index (χ3n) is 3.80. The minimum atomic E-state index is -5.26. The second kappa shape index (κ2) is 10.8. The minimum Gasteiger partial charge on any atom is -1.00 e. The van der Waals surface area contributed by atoms with Crippen LogP contribution in [0.1, 0.15) is 6.23 Å². The molecule has 0 radical (unpaired) electrons. The Hall–Kier alpha value is 0.620. The molecule has 4 atom stereocenters. The number of H-pyrrole nitrogens is 1. The summed E-state index contributed by atoms with van der Waals surface area (Å²) >= 11 is 0. The number of nitrogens with two attached hydrogens (primary N) is 1. The molecule has 0 aromatic carbocycles. The number of aromatic amines is 1. The summed E-state index contributed by atoms with van der Waals surface area (Å²) in [6, 6.07) is 0. The van der Waals surface area contributed by atoms with Gasteiger partial charge in [-0.25, -0.2) is 4.57 Å². The first kappa shape index (κ1) is 28.6. The number of aliphatic hydroxyl groups excluding tert-OH is 2. The summed E-state index contributed by atoms with van der Waals surface area (Å²) in [5.41, 5.74) is 5.23. The molecule has 5 N–H and O–H groups in total. The monoisotopic (exact) mass is 501 g/mol. The molecule has 1 saturated heterocycles. The van der Waals surface area contributed by atoms with Gasteiger partial charge in [0.25, 0.3) is 11.5 Å². The topological polar surface area (TPSA) is 203 Å². The van der Waals surface area contributed by atoms with Crippen LogP contribution in [0.3, 0.4) is 0 Å². The van der Waals surface area contributed by atoms with Crippen LogP contribution in [-0.4, -0.2) is 49.7 Å². The molecule has 1 fully saturated rings. The van der Waals surface area contributed by atoms with Crippen molar-refractivity contribution in [1.82, 2.24) is 14.5 Å². The van der Waals surface area contributed by atoms with Gasteiger partial charge in [0.2, 0.25) is 11.7 Å². The number of aliphatic hydroxyl groups is 2. The molecule has 146 valence electrons. The number of phosphoric acid groups is 1. The van der Waals surface area contributed by atoms with Gasteiger partial charge in [-0.05, 0) is 0 Å². The number of anilines is 1. The van der Waals surface area contributed by atoms with Gasteiger partial charge in [-0.1, -0.05) is 4.98 Å². The second-order valence-corrected chi connectivity index (χ2v) is 6.70. The average molecular weight is 502 g/mol. The molecule has 2 aromatic heterocycles. The number of nitrogen functional groups attached to an aromatic ring is 1. The second-order valence-electron chi connectivity index (χ2n) is 5.55. The number of halogens is 1. The van der Waals surface area contributed by atoms with Crippen molar-refractivity contribution >= 4 is 24.9 Å². The number of rotatable bonds is 4. The molecule has 1 aliphatic rings. The first-order valence-corrected chi connectivity index (χ1v) is 8.48. The van der Waals surface area contributed by atoms with E-state index >= 15 is 0 Å². The molecule has 3 rings (SSSR count). The van der Waals surface area contributed by atoms with Gasteiger partial charge in [0, 0.05) is 0 Å². The Balaban J connectivity index is 0.00000243. The van der Waals surface area contributed by atoms with E-state index in [0.717, 1.165) is 0 Å². The first-order chi connectivity index (χ1) is 11.6. The van der Waals surface area contributed by atoms with Gasteiger partial charge >= 0.3 is 64.8 Å². The third kappa shape index (κ3) is 5.86. The number of nitrogens with zero attached hydrogens (tertiary/aromatic N) is 3. The number of hydrogen-bond donors (Lipinski definition) is 4. The van der Waals surface area contributed by atoms with Crippen LogP contribution in [0, 0.1) is 0 Å². The van der Waals surface area contributed by atoms with Crippen molar-refractivity contribution < 1.29 is 114 Å². The molecule has 0 aliphatic carbocycles. The Kier molecular flexibility index (Phi) is 11.0. The Morgan fingerprint density at radius 3 is 2.61 bits per heavy atom. The molecule has 28 heavy (non-hydrogen) atoms. The number of hydrogen-bond acceptors (Lipinski definition) is 10. The SMILES string of the molecule is Cn1c[n+]([C@@H]2O[C@H](COP(=O)([O-])[O-])[C@@H](O)[C@H]2O)c2nc(N)[nH]c(=O)c21.[Br-].[Na+].[Na+].